The van der Waals surface area contributed by atoms with Gasteiger partial charge in [-0.15, -0.1) is 0 Å². The first kappa shape index (κ1) is 16.1. The molecule has 0 saturated heterocycles. The molecule has 0 aliphatic rings. The summed E-state index contributed by atoms with van der Waals surface area (Å²) in [4.78, 5) is 9.13. The van der Waals surface area contributed by atoms with Crippen molar-refractivity contribution in [1.29, 1.82) is 0 Å². The predicted molar refractivity (Wildman–Crippen MR) is 78.0 cm³/mol. The molecule has 0 bridgehead atoms. The Morgan fingerprint density at radius 3 is 2.47 bits per heavy atom. The summed E-state index contributed by atoms with van der Waals surface area (Å²) in [6, 6.07) is 2.03. The van der Waals surface area contributed by atoms with Crippen LogP contribution in [0.1, 0.15) is 64.4 Å². The average Bonchev–Trinajstić information content (AvgIpc) is 2.32. The first-order valence-corrected chi connectivity index (χ1v) is 7.06. The van der Waals surface area contributed by atoms with E-state index in [1.54, 1.807) is 0 Å². The maximum Gasteiger partial charge on any atom is 0.157 e. The number of ether oxygens (including phenoxy) is 1. The van der Waals surface area contributed by atoms with Gasteiger partial charge in [-0.2, -0.15) is 0 Å². The van der Waals surface area contributed by atoms with E-state index in [0.717, 1.165) is 30.2 Å². The molecule has 0 radical (unpaired) electrons. The van der Waals surface area contributed by atoms with Gasteiger partial charge in [0.1, 0.15) is 6.10 Å². The van der Waals surface area contributed by atoms with Crippen LogP contribution in [0.25, 0.3) is 0 Å². The molecule has 1 N–H and O–H groups in total. The van der Waals surface area contributed by atoms with Crippen molar-refractivity contribution in [2.45, 2.75) is 66.2 Å². The molecule has 0 saturated carbocycles. The van der Waals surface area contributed by atoms with E-state index < -0.39 is 0 Å². The van der Waals surface area contributed by atoms with Gasteiger partial charge in [-0.05, 0) is 47.1 Å². The lowest BCUT2D eigenvalue weighted by Crippen LogP contribution is -2.35. The maximum atomic E-state index is 5.69. The third-order valence-corrected chi connectivity index (χ3v) is 2.75. The summed E-state index contributed by atoms with van der Waals surface area (Å²) in [5, 5.41) is 3.45. The van der Waals surface area contributed by atoms with Crippen LogP contribution in [-0.4, -0.2) is 22.1 Å². The van der Waals surface area contributed by atoms with Gasteiger partial charge >= 0.3 is 0 Å². The molecule has 0 aromatic carbocycles. The first-order valence-electron chi connectivity index (χ1n) is 7.06. The van der Waals surface area contributed by atoms with Crippen LogP contribution in [0, 0.1) is 6.92 Å². The van der Waals surface area contributed by atoms with Crippen LogP contribution in [0.5, 0.6) is 0 Å². The summed E-state index contributed by atoms with van der Waals surface area (Å²) in [7, 11) is 0. The van der Waals surface area contributed by atoms with Crippen LogP contribution in [0.4, 0.5) is 0 Å². The Morgan fingerprint density at radius 1 is 1.26 bits per heavy atom. The van der Waals surface area contributed by atoms with Crippen molar-refractivity contribution in [3.8, 4) is 0 Å². The van der Waals surface area contributed by atoms with E-state index in [-0.39, 0.29) is 11.6 Å². The number of rotatable bonds is 6. The number of nitrogens with one attached hydrogen (secondary N) is 1. The zero-order valence-corrected chi connectivity index (χ0v) is 13.1. The van der Waals surface area contributed by atoms with E-state index in [0.29, 0.717) is 6.61 Å². The van der Waals surface area contributed by atoms with Crippen molar-refractivity contribution in [2.24, 2.45) is 0 Å². The fourth-order valence-corrected chi connectivity index (χ4v) is 1.82. The number of hydrogen-bond donors (Lipinski definition) is 1. The van der Waals surface area contributed by atoms with E-state index in [2.05, 4.69) is 43.0 Å². The maximum absolute atomic E-state index is 5.69. The fourth-order valence-electron chi connectivity index (χ4n) is 1.82. The molecule has 0 amide bonds. The molecule has 19 heavy (non-hydrogen) atoms. The zero-order chi connectivity index (χ0) is 14.5. The average molecular weight is 265 g/mol. The zero-order valence-electron chi connectivity index (χ0n) is 13.1. The quantitative estimate of drug-likeness (QED) is 0.858. The molecule has 0 aliphatic heterocycles. The largest absolute Gasteiger partial charge is 0.371 e. The standard InChI is InChI=1S/C15H27N3O/c1-7-13(19-8-2)14-17-11(3)9-12(18-14)10-16-15(4,5)6/h9,13,16H,7-8,10H2,1-6H3. The molecular formula is C15H27N3O. The Bertz CT molecular complexity index is 399. The molecule has 1 atom stereocenters. The van der Waals surface area contributed by atoms with Crippen molar-refractivity contribution in [1.82, 2.24) is 15.3 Å². The summed E-state index contributed by atoms with van der Waals surface area (Å²) in [5.74, 6) is 0.801. The van der Waals surface area contributed by atoms with Crippen LogP contribution >= 0.6 is 0 Å². The summed E-state index contributed by atoms with van der Waals surface area (Å²) in [6.07, 6.45) is 0.891. The van der Waals surface area contributed by atoms with Crippen LogP contribution in [0.15, 0.2) is 6.07 Å². The second kappa shape index (κ2) is 6.96. The Labute approximate surface area is 117 Å². The van der Waals surface area contributed by atoms with Gasteiger partial charge in [0.15, 0.2) is 5.82 Å². The molecule has 1 aromatic rings. The minimum Gasteiger partial charge on any atom is -0.371 e. The van der Waals surface area contributed by atoms with Gasteiger partial charge in [-0.1, -0.05) is 6.92 Å². The molecule has 0 spiro atoms. The van der Waals surface area contributed by atoms with E-state index in [1.165, 1.54) is 0 Å². The number of hydrogen-bond acceptors (Lipinski definition) is 4. The molecular weight excluding hydrogens is 238 g/mol. The van der Waals surface area contributed by atoms with E-state index in [1.807, 2.05) is 19.9 Å². The monoisotopic (exact) mass is 265 g/mol. The Kier molecular flexibility index (Phi) is 5.88. The van der Waals surface area contributed by atoms with Gasteiger partial charge in [0, 0.05) is 24.4 Å². The highest BCUT2D eigenvalue weighted by atomic mass is 16.5. The van der Waals surface area contributed by atoms with Crippen molar-refractivity contribution in [3.05, 3.63) is 23.3 Å². The highest BCUT2D eigenvalue weighted by Gasteiger charge is 2.15. The third-order valence-electron chi connectivity index (χ3n) is 2.75. The highest BCUT2D eigenvalue weighted by molar-refractivity contribution is 5.11. The van der Waals surface area contributed by atoms with Crippen LogP contribution in [0.3, 0.4) is 0 Å². The topological polar surface area (TPSA) is 47.0 Å². The molecule has 1 unspecified atom stereocenters. The lowest BCUT2D eigenvalue weighted by atomic mass is 10.1. The number of aromatic nitrogens is 2. The van der Waals surface area contributed by atoms with E-state index in [4.69, 9.17) is 4.74 Å². The molecule has 4 heteroatoms. The molecule has 0 fully saturated rings. The van der Waals surface area contributed by atoms with Crippen molar-refractivity contribution >= 4 is 0 Å². The van der Waals surface area contributed by atoms with Crippen LogP contribution in [-0.2, 0) is 11.3 Å². The van der Waals surface area contributed by atoms with E-state index in [9.17, 15) is 0 Å². The Balaban J connectivity index is 2.87. The minimum atomic E-state index is -0.00159. The fraction of sp³-hybridized carbons (Fsp3) is 0.733. The number of aryl methyl sites for hydroxylation is 1. The molecule has 1 rings (SSSR count). The van der Waals surface area contributed by atoms with Crippen molar-refractivity contribution in [3.63, 3.8) is 0 Å². The van der Waals surface area contributed by atoms with Crippen LogP contribution < -0.4 is 5.32 Å². The summed E-state index contributed by atoms with van der Waals surface area (Å²) < 4.78 is 5.69. The molecule has 1 aromatic heterocycles. The Morgan fingerprint density at radius 2 is 1.95 bits per heavy atom. The van der Waals surface area contributed by atoms with Gasteiger partial charge in [0.25, 0.3) is 0 Å². The third kappa shape index (κ3) is 5.66. The summed E-state index contributed by atoms with van der Waals surface area (Å²) in [6.45, 7) is 14.0. The van der Waals surface area contributed by atoms with E-state index >= 15 is 0 Å². The molecule has 108 valence electrons. The van der Waals surface area contributed by atoms with Crippen molar-refractivity contribution < 1.29 is 4.74 Å². The molecule has 0 aliphatic carbocycles. The Hall–Kier alpha value is -1.00. The second-order valence-corrected chi connectivity index (χ2v) is 5.81. The molecule has 1 heterocycles. The SMILES string of the molecule is CCOC(CC)c1nc(C)cc(CNC(C)(C)C)n1. The second-order valence-electron chi connectivity index (χ2n) is 5.81. The predicted octanol–water partition coefficient (Wildman–Crippen LogP) is 3.16. The molecule has 4 nitrogen and oxygen atoms in total. The number of nitrogens with zero attached hydrogens (tertiary/aromatic N) is 2. The minimum absolute atomic E-state index is 0.00159. The van der Waals surface area contributed by atoms with Gasteiger partial charge in [-0.3, -0.25) is 0 Å². The lowest BCUT2D eigenvalue weighted by Gasteiger charge is -2.21. The van der Waals surface area contributed by atoms with Gasteiger partial charge < -0.3 is 10.1 Å². The van der Waals surface area contributed by atoms with Crippen LogP contribution in [0.2, 0.25) is 0 Å². The first-order chi connectivity index (χ1) is 8.85. The van der Waals surface area contributed by atoms with Gasteiger partial charge in [0.2, 0.25) is 0 Å². The highest BCUT2D eigenvalue weighted by Crippen LogP contribution is 2.18. The summed E-state index contributed by atoms with van der Waals surface area (Å²) in [5.41, 5.74) is 2.10. The van der Waals surface area contributed by atoms with Crippen molar-refractivity contribution in [2.75, 3.05) is 6.61 Å². The smallest absolute Gasteiger partial charge is 0.157 e. The summed E-state index contributed by atoms with van der Waals surface area (Å²) >= 11 is 0. The van der Waals surface area contributed by atoms with Gasteiger partial charge in [-0.25, -0.2) is 9.97 Å². The normalized spacial score (nSPS) is 13.6. The van der Waals surface area contributed by atoms with Gasteiger partial charge in [0.05, 0.1) is 5.69 Å². The lowest BCUT2D eigenvalue weighted by molar-refractivity contribution is 0.0531.